The highest BCUT2D eigenvalue weighted by Crippen LogP contribution is 2.36. The van der Waals surface area contributed by atoms with Gasteiger partial charge in [-0.25, -0.2) is 0 Å². The van der Waals surface area contributed by atoms with Gasteiger partial charge in [-0.05, 0) is 17.7 Å². The van der Waals surface area contributed by atoms with E-state index >= 15 is 0 Å². The van der Waals surface area contributed by atoms with E-state index in [2.05, 4.69) is 5.32 Å². The van der Waals surface area contributed by atoms with Crippen LogP contribution in [0.25, 0.3) is 0 Å². The number of hydrogen-bond donors (Lipinski definition) is 1. The van der Waals surface area contributed by atoms with Crippen molar-refractivity contribution in [1.29, 1.82) is 0 Å². The summed E-state index contributed by atoms with van der Waals surface area (Å²) in [6, 6.07) is 7.22. The summed E-state index contributed by atoms with van der Waals surface area (Å²) in [6.45, 7) is 2.90. The SMILES string of the molecule is COc1ccc([C@@H]2CC(=O)C[C@@H](COC(C)=O)[C@@H]2NC(C)=O)cc1. The van der Waals surface area contributed by atoms with Crippen molar-refractivity contribution >= 4 is 17.7 Å². The largest absolute Gasteiger partial charge is 0.497 e. The fourth-order valence-electron chi connectivity index (χ4n) is 3.22. The van der Waals surface area contributed by atoms with E-state index in [1.807, 2.05) is 24.3 Å². The van der Waals surface area contributed by atoms with E-state index in [0.717, 1.165) is 11.3 Å². The van der Waals surface area contributed by atoms with E-state index in [1.165, 1.54) is 13.8 Å². The number of ketones is 1. The van der Waals surface area contributed by atoms with Gasteiger partial charge < -0.3 is 14.8 Å². The predicted molar refractivity (Wildman–Crippen MR) is 87.7 cm³/mol. The number of carbonyl (C=O) groups excluding carboxylic acids is 3. The van der Waals surface area contributed by atoms with Crippen molar-refractivity contribution in [1.82, 2.24) is 5.32 Å². The van der Waals surface area contributed by atoms with Crippen LogP contribution in [-0.4, -0.2) is 37.4 Å². The molecule has 1 amide bonds. The number of rotatable bonds is 5. The molecule has 0 radical (unpaired) electrons. The minimum atomic E-state index is -0.393. The zero-order valence-corrected chi connectivity index (χ0v) is 14.2. The lowest BCUT2D eigenvalue weighted by molar-refractivity contribution is -0.144. The molecule has 1 saturated carbocycles. The first-order chi connectivity index (χ1) is 11.4. The van der Waals surface area contributed by atoms with Crippen molar-refractivity contribution < 1.29 is 23.9 Å². The Bertz CT molecular complexity index is 610. The predicted octanol–water partition coefficient (Wildman–Crippen LogP) is 1.83. The van der Waals surface area contributed by atoms with Crippen molar-refractivity contribution in [2.24, 2.45) is 5.92 Å². The molecule has 6 nitrogen and oxygen atoms in total. The molecule has 1 aromatic carbocycles. The first-order valence-electron chi connectivity index (χ1n) is 7.96. The van der Waals surface area contributed by atoms with Gasteiger partial charge in [0, 0.05) is 44.6 Å². The summed E-state index contributed by atoms with van der Waals surface area (Å²) in [5.74, 6) is -0.105. The van der Waals surface area contributed by atoms with E-state index in [4.69, 9.17) is 9.47 Å². The molecule has 3 atom stereocenters. The summed E-state index contributed by atoms with van der Waals surface area (Å²) in [5.41, 5.74) is 0.954. The molecule has 24 heavy (non-hydrogen) atoms. The van der Waals surface area contributed by atoms with Gasteiger partial charge in [-0.2, -0.15) is 0 Å². The first-order valence-corrected chi connectivity index (χ1v) is 7.96. The van der Waals surface area contributed by atoms with Gasteiger partial charge in [-0.15, -0.1) is 0 Å². The van der Waals surface area contributed by atoms with Crippen LogP contribution in [0.5, 0.6) is 5.75 Å². The van der Waals surface area contributed by atoms with Gasteiger partial charge in [0.25, 0.3) is 0 Å². The van der Waals surface area contributed by atoms with Gasteiger partial charge >= 0.3 is 5.97 Å². The van der Waals surface area contributed by atoms with Crippen molar-refractivity contribution in [2.45, 2.75) is 38.6 Å². The summed E-state index contributed by atoms with van der Waals surface area (Å²) in [4.78, 5) is 34.9. The molecule has 0 aromatic heterocycles. The smallest absolute Gasteiger partial charge is 0.302 e. The summed E-state index contributed by atoms with van der Waals surface area (Å²) < 4.78 is 10.3. The number of hydrogen-bond acceptors (Lipinski definition) is 5. The van der Waals surface area contributed by atoms with Crippen LogP contribution in [0.3, 0.4) is 0 Å². The van der Waals surface area contributed by atoms with E-state index in [0.29, 0.717) is 12.8 Å². The molecule has 1 N–H and O–H groups in total. The molecule has 1 aromatic rings. The molecule has 0 bridgehead atoms. The lowest BCUT2D eigenvalue weighted by atomic mass is 9.73. The summed E-state index contributed by atoms with van der Waals surface area (Å²) in [7, 11) is 1.59. The Morgan fingerprint density at radius 2 is 1.83 bits per heavy atom. The van der Waals surface area contributed by atoms with Crippen LogP contribution in [0, 0.1) is 5.92 Å². The van der Waals surface area contributed by atoms with Crippen molar-refractivity contribution in [3.63, 3.8) is 0 Å². The summed E-state index contributed by atoms with van der Waals surface area (Å²) in [5, 5.41) is 2.94. The maximum atomic E-state index is 12.2. The molecule has 0 heterocycles. The third-order valence-electron chi connectivity index (χ3n) is 4.29. The minimum Gasteiger partial charge on any atom is -0.497 e. The van der Waals surface area contributed by atoms with Gasteiger partial charge in [0.2, 0.25) is 5.91 Å². The Kier molecular flexibility index (Phi) is 5.95. The second-order valence-electron chi connectivity index (χ2n) is 6.12. The molecular formula is C18H23NO5. The first kappa shape index (κ1) is 18.0. The normalized spacial score (nSPS) is 23.5. The van der Waals surface area contributed by atoms with Crippen LogP contribution in [0.1, 0.15) is 38.2 Å². The molecule has 1 aliphatic rings. The molecule has 1 fully saturated rings. The second-order valence-corrected chi connectivity index (χ2v) is 6.12. The number of Topliss-reactive ketones (excluding diaryl/α,β-unsaturated/α-hetero) is 1. The number of carbonyl (C=O) groups is 3. The average Bonchev–Trinajstić information content (AvgIpc) is 2.54. The van der Waals surface area contributed by atoms with Crippen LogP contribution in [0.2, 0.25) is 0 Å². The molecule has 1 aliphatic carbocycles. The molecule has 2 rings (SSSR count). The van der Waals surface area contributed by atoms with Crippen LogP contribution < -0.4 is 10.1 Å². The molecule has 0 spiro atoms. The van der Waals surface area contributed by atoms with Crippen LogP contribution in [0.4, 0.5) is 0 Å². The maximum Gasteiger partial charge on any atom is 0.302 e. The monoisotopic (exact) mass is 333 g/mol. The van der Waals surface area contributed by atoms with Crippen molar-refractivity contribution in [2.75, 3.05) is 13.7 Å². The zero-order valence-electron chi connectivity index (χ0n) is 14.2. The highest BCUT2D eigenvalue weighted by Gasteiger charge is 2.39. The molecule has 130 valence electrons. The van der Waals surface area contributed by atoms with Gasteiger partial charge in [-0.3, -0.25) is 14.4 Å². The fraction of sp³-hybridized carbons (Fsp3) is 0.500. The molecule has 6 heteroatoms. The van der Waals surface area contributed by atoms with E-state index < -0.39 is 5.97 Å². The van der Waals surface area contributed by atoms with Gasteiger partial charge in [0.1, 0.15) is 11.5 Å². The van der Waals surface area contributed by atoms with E-state index in [-0.39, 0.29) is 36.2 Å². The zero-order chi connectivity index (χ0) is 17.7. The number of ether oxygens (including phenoxy) is 2. The van der Waals surface area contributed by atoms with Gasteiger partial charge in [0.15, 0.2) is 0 Å². The molecule has 0 unspecified atom stereocenters. The van der Waals surface area contributed by atoms with E-state index in [1.54, 1.807) is 7.11 Å². The third-order valence-corrected chi connectivity index (χ3v) is 4.29. The Morgan fingerprint density at radius 3 is 2.38 bits per heavy atom. The molecule has 0 aliphatic heterocycles. The number of benzene rings is 1. The lowest BCUT2D eigenvalue weighted by Gasteiger charge is -2.37. The Morgan fingerprint density at radius 1 is 1.17 bits per heavy atom. The van der Waals surface area contributed by atoms with Gasteiger partial charge in [0.05, 0.1) is 13.7 Å². The summed E-state index contributed by atoms with van der Waals surface area (Å²) >= 11 is 0. The number of methoxy groups -OCH3 is 1. The van der Waals surface area contributed by atoms with Crippen LogP contribution >= 0.6 is 0 Å². The quantitative estimate of drug-likeness (QED) is 0.831. The van der Waals surface area contributed by atoms with Crippen molar-refractivity contribution in [3.8, 4) is 5.75 Å². The summed E-state index contributed by atoms with van der Waals surface area (Å²) in [6.07, 6.45) is 0.652. The van der Waals surface area contributed by atoms with Crippen LogP contribution in [0.15, 0.2) is 24.3 Å². The van der Waals surface area contributed by atoms with E-state index in [9.17, 15) is 14.4 Å². The Hall–Kier alpha value is -2.37. The average molecular weight is 333 g/mol. The van der Waals surface area contributed by atoms with Crippen LogP contribution in [-0.2, 0) is 19.1 Å². The van der Waals surface area contributed by atoms with Gasteiger partial charge in [-0.1, -0.05) is 12.1 Å². The number of amides is 1. The maximum absolute atomic E-state index is 12.2. The molecule has 0 saturated heterocycles. The highest BCUT2D eigenvalue weighted by molar-refractivity contribution is 5.82. The lowest BCUT2D eigenvalue weighted by Crippen LogP contribution is -2.49. The standard InChI is InChI=1S/C18H23NO5/c1-11(20)19-18-14(10-24-12(2)21)8-15(22)9-17(18)13-4-6-16(23-3)7-5-13/h4-7,14,17-18H,8-10H2,1-3H3,(H,19,20)/t14-,17-,18-/m0/s1. The second kappa shape index (κ2) is 7.95. The Balaban J connectivity index is 2.27. The highest BCUT2D eigenvalue weighted by atomic mass is 16.5. The number of esters is 1. The third kappa shape index (κ3) is 4.57. The fourth-order valence-corrected chi connectivity index (χ4v) is 3.22. The van der Waals surface area contributed by atoms with Crippen molar-refractivity contribution in [3.05, 3.63) is 29.8 Å². The topological polar surface area (TPSA) is 81.7 Å². The minimum absolute atomic E-state index is 0.106. The number of nitrogens with one attached hydrogen (secondary N) is 1. The molecular weight excluding hydrogens is 310 g/mol. The Labute approximate surface area is 141 Å².